The minimum Gasteiger partial charge on any atom is -0.295 e. The summed E-state index contributed by atoms with van der Waals surface area (Å²) >= 11 is 0. The normalized spacial score (nSPS) is 11.3. The van der Waals surface area contributed by atoms with E-state index in [0.29, 0.717) is 11.1 Å². The lowest BCUT2D eigenvalue weighted by Crippen LogP contribution is -2.17. The Kier molecular flexibility index (Phi) is 3.32. The Morgan fingerprint density at radius 3 is 1.94 bits per heavy atom. The highest BCUT2D eigenvalue weighted by Gasteiger charge is 2.20. The van der Waals surface area contributed by atoms with Crippen molar-refractivity contribution in [3.63, 3.8) is 0 Å². The van der Waals surface area contributed by atoms with Crippen LogP contribution in [0.25, 0.3) is 0 Å². The second-order valence-electron chi connectivity index (χ2n) is 5.12. The topological polar surface area (TPSA) is 34.1 Å². The molecule has 0 saturated carbocycles. The van der Waals surface area contributed by atoms with Gasteiger partial charge in [0.1, 0.15) is 0 Å². The van der Waals surface area contributed by atoms with Gasteiger partial charge in [0.2, 0.25) is 0 Å². The Morgan fingerprint density at radius 2 is 1.56 bits per heavy atom. The van der Waals surface area contributed by atoms with Gasteiger partial charge in [0, 0.05) is 11.1 Å². The fraction of sp³-hybridized carbons (Fsp3) is 0.429. The minimum atomic E-state index is -0.132. The van der Waals surface area contributed by atoms with E-state index in [-0.39, 0.29) is 17.0 Å². The highest BCUT2D eigenvalue weighted by molar-refractivity contribution is 5.99. The lowest BCUT2D eigenvalue weighted by Gasteiger charge is -2.22. The summed E-state index contributed by atoms with van der Waals surface area (Å²) in [4.78, 5) is 22.8. The van der Waals surface area contributed by atoms with E-state index in [9.17, 15) is 9.59 Å². The van der Waals surface area contributed by atoms with Crippen molar-refractivity contribution < 1.29 is 9.59 Å². The average molecular weight is 218 g/mol. The van der Waals surface area contributed by atoms with Crippen LogP contribution in [0.2, 0.25) is 0 Å². The van der Waals surface area contributed by atoms with Gasteiger partial charge in [-0.15, -0.1) is 0 Å². The van der Waals surface area contributed by atoms with Crippen LogP contribution < -0.4 is 0 Å². The number of carbonyl (C=O) groups excluding carboxylic acids is 2. The number of carbonyl (C=O) groups is 2. The van der Waals surface area contributed by atoms with Crippen molar-refractivity contribution in [3.05, 3.63) is 34.9 Å². The third-order valence-corrected chi connectivity index (χ3v) is 2.61. The first-order valence-electron chi connectivity index (χ1n) is 5.40. The SMILES string of the molecule is CC(=O)c1ccc(C(C)=O)c(C(C)(C)C)c1. The zero-order valence-corrected chi connectivity index (χ0v) is 10.5. The molecular formula is C14H18O2. The second kappa shape index (κ2) is 4.20. The molecule has 0 amide bonds. The van der Waals surface area contributed by atoms with Crippen molar-refractivity contribution in [2.45, 2.75) is 40.0 Å². The summed E-state index contributed by atoms with van der Waals surface area (Å²) in [6, 6.07) is 5.30. The van der Waals surface area contributed by atoms with Gasteiger partial charge in [0.15, 0.2) is 11.6 Å². The van der Waals surface area contributed by atoms with Gasteiger partial charge in [0.05, 0.1) is 0 Å². The summed E-state index contributed by atoms with van der Waals surface area (Å²) in [7, 11) is 0. The molecule has 1 rings (SSSR count). The molecule has 0 bridgehead atoms. The maximum Gasteiger partial charge on any atom is 0.160 e. The molecule has 0 fully saturated rings. The lowest BCUT2D eigenvalue weighted by molar-refractivity contribution is 0.0999. The number of ketones is 2. The van der Waals surface area contributed by atoms with Crippen molar-refractivity contribution in [2.24, 2.45) is 0 Å². The van der Waals surface area contributed by atoms with Crippen LogP contribution in [-0.2, 0) is 5.41 Å². The summed E-state index contributed by atoms with van der Waals surface area (Å²) in [5, 5.41) is 0. The van der Waals surface area contributed by atoms with Crippen LogP contribution in [0.5, 0.6) is 0 Å². The number of benzene rings is 1. The van der Waals surface area contributed by atoms with Gasteiger partial charge >= 0.3 is 0 Å². The summed E-state index contributed by atoms with van der Waals surface area (Å²) in [5.41, 5.74) is 2.17. The Morgan fingerprint density at radius 1 is 1.00 bits per heavy atom. The standard InChI is InChI=1S/C14H18O2/c1-9(15)11-6-7-12(10(2)16)13(8-11)14(3,4)5/h6-8H,1-5H3. The summed E-state index contributed by atoms with van der Waals surface area (Å²) < 4.78 is 0. The molecule has 0 aliphatic rings. The molecule has 0 unspecified atom stereocenters. The van der Waals surface area contributed by atoms with E-state index in [1.807, 2.05) is 26.8 Å². The predicted octanol–water partition coefficient (Wildman–Crippen LogP) is 3.39. The van der Waals surface area contributed by atoms with Crippen LogP contribution in [0, 0.1) is 0 Å². The molecule has 0 atom stereocenters. The van der Waals surface area contributed by atoms with E-state index in [1.54, 1.807) is 19.1 Å². The van der Waals surface area contributed by atoms with E-state index >= 15 is 0 Å². The average Bonchev–Trinajstić information content (AvgIpc) is 2.15. The molecule has 86 valence electrons. The summed E-state index contributed by atoms with van der Waals surface area (Å²) in [6.45, 7) is 9.21. The van der Waals surface area contributed by atoms with Gasteiger partial charge in [-0.2, -0.15) is 0 Å². The minimum absolute atomic E-state index is 0.0283. The first-order chi connectivity index (χ1) is 7.23. The highest BCUT2D eigenvalue weighted by Crippen LogP contribution is 2.27. The largest absolute Gasteiger partial charge is 0.295 e. The maximum atomic E-state index is 11.5. The molecule has 0 aliphatic carbocycles. The van der Waals surface area contributed by atoms with Crippen LogP contribution in [-0.4, -0.2) is 11.6 Å². The lowest BCUT2D eigenvalue weighted by atomic mass is 9.81. The van der Waals surface area contributed by atoms with Crippen LogP contribution in [0.1, 0.15) is 60.9 Å². The molecular weight excluding hydrogens is 200 g/mol. The highest BCUT2D eigenvalue weighted by atomic mass is 16.1. The molecule has 1 aromatic carbocycles. The van der Waals surface area contributed by atoms with Crippen LogP contribution in [0.4, 0.5) is 0 Å². The fourth-order valence-corrected chi connectivity index (χ4v) is 1.69. The van der Waals surface area contributed by atoms with Crippen LogP contribution in [0.15, 0.2) is 18.2 Å². The fourth-order valence-electron chi connectivity index (χ4n) is 1.69. The van der Waals surface area contributed by atoms with Crippen molar-refractivity contribution in [2.75, 3.05) is 0 Å². The second-order valence-corrected chi connectivity index (χ2v) is 5.12. The van der Waals surface area contributed by atoms with Crippen molar-refractivity contribution in [3.8, 4) is 0 Å². The summed E-state index contributed by atoms with van der Waals surface area (Å²) in [5.74, 6) is 0.0700. The van der Waals surface area contributed by atoms with Crippen molar-refractivity contribution in [1.82, 2.24) is 0 Å². The number of rotatable bonds is 2. The number of Topliss-reactive ketones (excluding diaryl/α,β-unsaturated/α-hetero) is 2. The van der Waals surface area contributed by atoms with E-state index in [2.05, 4.69) is 0 Å². The van der Waals surface area contributed by atoms with Gasteiger partial charge in [-0.1, -0.05) is 32.9 Å². The molecule has 0 radical (unpaired) electrons. The molecule has 2 nitrogen and oxygen atoms in total. The first kappa shape index (κ1) is 12.6. The van der Waals surface area contributed by atoms with E-state index in [0.717, 1.165) is 5.56 Å². The Labute approximate surface area is 96.7 Å². The smallest absolute Gasteiger partial charge is 0.160 e. The number of hydrogen-bond donors (Lipinski definition) is 0. The molecule has 0 heterocycles. The molecule has 0 aromatic heterocycles. The van der Waals surface area contributed by atoms with E-state index in [4.69, 9.17) is 0 Å². The quantitative estimate of drug-likeness (QED) is 0.713. The third-order valence-electron chi connectivity index (χ3n) is 2.61. The van der Waals surface area contributed by atoms with Gasteiger partial charge < -0.3 is 0 Å². The zero-order chi connectivity index (χ0) is 12.5. The maximum absolute atomic E-state index is 11.5. The Hall–Kier alpha value is -1.44. The first-order valence-corrected chi connectivity index (χ1v) is 5.40. The van der Waals surface area contributed by atoms with Crippen LogP contribution in [0.3, 0.4) is 0 Å². The third kappa shape index (κ3) is 2.57. The monoisotopic (exact) mass is 218 g/mol. The van der Waals surface area contributed by atoms with Crippen molar-refractivity contribution >= 4 is 11.6 Å². The summed E-state index contributed by atoms with van der Waals surface area (Å²) in [6.07, 6.45) is 0. The van der Waals surface area contributed by atoms with Gasteiger partial charge in [-0.3, -0.25) is 9.59 Å². The van der Waals surface area contributed by atoms with E-state index in [1.165, 1.54) is 6.92 Å². The zero-order valence-electron chi connectivity index (χ0n) is 10.5. The van der Waals surface area contributed by atoms with E-state index < -0.39 is 0 Å². The van der Waals surface area contributed by atoms with Gasteiger partial charge in [-0.05, 0) is 30.9 Å². The molecule has 0 spiro atoms. The molecule has 0 N–H and O–H groups in total. The van der Waals surface area contributed by atoms with Crippen LogP contribution >= 0.6 is 0 Å². The predicted molar refractivity (Wildman–Crippen MR) is 65.2 cm³/mol. The van der Waals surface area contributed by atoms with Crippen molar-refractivity contribution in [1.29, 1.82) is 0 Å². The Balaban J connectivity index is 3.45. The Bertz CT molecular complexity index is 437. The number of hydrogen-bond acceptors (Lipinski definition) is 2. The van der Waals surface area contributed by atoms with Gasteiger partial charge in [0.25, 0.3) is 0 Å². The van der Waals surface area contributed by atoms with Gasteiger partial charge in [-0.25, -0.2) is 0 Å². The molecule has 1 aromatic rings. The molecule has 0 saturated heterocycles. The molecule has 0 aliphatic heterocycles. The molecule has 16 heavy (non-hydrogen) atoms. The molecule has 2 heteroatoms.